The molecule has 0 saturated carbocycles. The summed E-state index contributed by atoms with van der Waals surface area (Å²) in [5, 5.41) is 1.02. The van der Waals surface area contributed by atoms with Crippen LogP contribution in [0.25, 0.3) is 10.9 Å². The van der Waals surface area contributed by atoms with Crippen LogP contribution in [-0.2, 0) is 4.79 Å². The molecule has 0 spiro atoms. The Morgan fingerprint density at radius 2 is 2.16 bits per heavy atom. The Morgan fingerprint density at radius 1 is 1.37 bits per heavy atom. The molecule has 2 heterocycles. The minimum Gasteiger partial charge on any atom is -0.481 e. The number of pyridine rings is 1. The minimum absolute atomic E-state index is 0.0473. The number of likely N-dealkylation sites (tertiary alicyclic amines) is 1. The van der Waals surface area contributed by atoms with Crippen LogP contribution in [0.5, 0.6) is 5.75 Å². The highest BCUT2D eigenvalue weighted by Gasteiger charge is 2.27. The first-order valence-electron chi connectivity index (χ1n) is 6.48. The van der Waals surface area contributed by atoms with Gasteiger partial charge >= 0.3 is 0 Å². The molecule has 0 unspecified atom stereocenters. The van der Waals surface area contributed by atoms with E-state index in [2.05, 4.69) is 11.9 Å². The minimum atomic E-state index is 0.0473. The molecular formula is C15H16N2O2. The molecule has 19 heavy (non-hydrogen) atoms. The standard InChI is InChI=1S/C15H16N2O2/c1-11-8-17(9-11)14(18)10-19-13-6-2-4-12-5-3-7-16-15(12)13/h2-7,11H,8-10H2,1H3. The second kappa shape index (κ2) is 4.88. The lowest BCUT2D eigenvalue weighted by Gasteiger charge is -2.37. The molecule has 4 nitrogen and oxygen atoms in total. The second-order valence-electron chi connectivity index (χ2n) is 5.02. The van der Waals surface area contributed by atoms with Crippen LogP contribution in [0.1, 0.15) is 6.92 Å². The quantitative estimate of drug-likeness (QED) is 0.844. The maximum Gasteiger partial charge on any atom is 0.260 e. The summed E-state index contributed by atoms with van der Waals surface area (Å²) in [5.74, 6) is 1.33. The van der Waals surface area contributed by atoms with Crippen LogP contribution >= 0.6 is 0 Å². The van der Waals surface area contributed by atoms with Gasteiger partial charge in [0, 0.05) is 24.7 Å². The summed E-state index contributed by atoms with van der Waals surface area (Å²) in [6, 6.07) is 9.61. The number of aromatic nitrogens is 1. The highest BCUT2D eigenvalue weighted by Crippen LogP contribution is 2.23. The van der Waals surface area contributed by atoms with Gasteiger partial charge in [-0.2, -0.15) is 0 Å². The maximum atomic E-state index is 11.9. The molecule has 1 aromatic carbocycles. The predicted molar refractivity (Wildman–Crippen MR) is 73.0 cm³/mol. The third-order valence-corrected chi connectivity index (χ3v) is 3.36. The number of benzene rings is 1. The lowest BCUT2D eigenvalue weighted by atomic mass is 10.0. The first kappa shape index (κ1) is 12.0. The van der Waals surface area contributed by atoms with Crippen molar-refractivity contribution >= 4 is 16.8 Å². The molecule has 0 N–H and O–H groups in total. The van der Waals surface area contributed by atoms with Gasteiger partial charge < -0.3 is 9.64 Å². The van der Waals surface area contributed by atoms with E-state index < -0.39 is 0 Å². The van der Waals surface area contributed by atoms with Crippen LogP contribution in [0, 0.1) is 5.92 Å². The third-order valence-electron chi connectivity index (χ3n) is 3.36. The molecule has 1 aliphatic heterocycles. The third kappa shape index (κ3) is 2.38. The van der Waals surface area contributed by atoms with Gasteiger partial charge in [-0.25, -0.2) is 0 Å². The molecule has 1 fully saturated rings. The van der Waals surface area contributed by atoms with Gasteiger partial charge in [0.25, 0.3) is 5.91 Å². The fraction of sp³-hybridized carbons (Fsp3) is 0.333. The highest BCUT2D eigenvalue weighted by molar-refractivity contribution is 5.85. The molecule has 0 aliphatic carbocycles. The molecular weight excluding hydrogens is 240 g/mol. The molecule has 4 heteroatoms. The fourth-order valence-electron chi connectivity index (χ4n) is 2.33. The van der Waals surface area contributed by atoms with E-state index in [9.17, 15) is 4.79 Å². The molecule has 0 atom stereocenters. The van der Waals surface area contributed by atoms with Gasteiger partial charge in [0.05, 0.1) is 0 Å². The van der Waals surface area contributed by atoms with Crippen LogP contribution in [0.4, 0.5) is 0 Å². The number of para-hydroxylation sites is 1. The zero-order chi connectivity index (χ0) is 13.2. The Morgan fingerprint density at radius 3 is 2.95 bits per heavy atom. The van der Waals surface area contributed by atoms with Crippen molar-refractivity contribution < 1.29 is 9.53 Å². The lowest BCUT2D eigenvalue weighted by molar-refractivity contribution is -0.139. The normalized spacial score (nSPS) is 15.3. The molecule has 0 radical (unpaired) electrons. The van der Waals surface area contributed by atoms with Gasteiger partial charge in [0.1, 0.15) is 11.3 Å². The van der Waals surface area contributed by atoms with Gasteiger partial charge in [-0.3, -0.25) is 9.78 Å². The van der Waals surface area contributed by atoms with Crippen molar-refractivity contribution in [3.05, 3.63) is 36.5 Å². The van der Waals surface area contributed by atoms with E-state index in [4.69, 9.17) is 4.74 Å². The molecule has 98 valence electrons. The Kier molecular flexibility index (Phi) is 3.07. The van der Waals surface area contributed by atoms with Crippen molar-refractivity contribution in [3.8, 4) is 5.75 Å². The van der Waals surface area contributed by atoms with Crippen molar-refractivity contribution in [1.82, 2.24) is 9.88 Å². The number of hydrogen-bond acceptors (Lipinski definition) is 3. The number of amides is 1. The maximum absolute atomic E-state index is 11.9. The summed E-state index contributed by atoms with van der Waals surface area (Å²) >= 11 is 0. The average Bonchev–Trinajstić information content (AvgIpc) is 2.41. The molecule has 1 saturated heterocycles. The lowest BCUT2D eigenvalue weighted by Crippen LogP contribution is -2.50. The van der Waals surface area contributed by atoms with Crippen molar-refractivity contribution in [2.75, 3.05) is 19.7 Å². The number of fused-ring (bicyclic) bond motifs is 1. The van der Waals surface area contributed by atoms with Crippen LogP contribution in [0.15, 0.2) is 36.5 Å². The first-order valence-corrected chi connectivity index (χ1v) is 6.48. The smallest absolute Gasteiger partial charge is 0.260 e. The van der Waals surface area contributed by atoms with Crippen molar-refractivity contribution in [1.29, 1.82) is 0 Å². The summed E-state index contributed by atoms with van der Waals surface area (Å²) in [4.78, 5) is 18.0. The Labute approximate surface area is 112 Å². The molecule has 1 amide bonds. The van der Waals surface area contributed by atoms with Crippen LogP contribution in [0.2, 0.25) is 0 Å². The van der Waals surface area contributed by atoms with Gasteiger partial charge in [-0.15, -0.1) is 0 Å². The van der Waals surface area contributed by atoms with Gasteiger partial charge in [0.15, 0.2) is 6.61 Å². The van der Waals surface area contributed by atoms with E-state index >= 15 is 0 Å². The second-order valence-corrected chi connectivity index (χ2v) is 5.02. The van der Waals surface area contributed by atoms with Crippen LogP contribution in [0.3, 0.4) is 0 Å². The topological polar surface area (TPSA) is 42.4 Å². The van der Waals surface area contributed by atoms with Crippen LogP contribution in [-0.4, -0.2) is 35.5 Å². The first-order chi connectivity index (χ1) is 9.24. The summed E-state index contributed by atoms with van der Waals surface area (Å²) in [7, 11) is 0. The van der Waals surface area contributed by atoms with Crippen molar-refractivity contribution in [3.63, 3.8) is 0 Å². The molecule has 1 aromatic heterocycles. The molecule has 3 rings (SSSR count). The van der Waals surface area contributed by atoms with Gasteiger partial charge in [-0.05, 0) is 18.1 Å². The van der Waals surface area contributed by atoms with Gasteiger partial charge in [0.2, 0.25) is 0 Å². The van der Waals surface area contributed by atoms with E-state index in [1.807, 2.05) is 35.2 Å². The zero-order valence-corrected chi connectivity index (χ0v) is 10.9. The number of hydrogen-bond donors (Lipinski definition) is 0. The van der Waals surface area contributed by atoms with Gasteiger partial charge in [-0.1, -0.05) is 25.1 Å². The predicted octanol–water partition coefficient (Wildman–Crippen LogP) is 2.09. The Bertz CT molecular complexity index is 601. The van der Waals surface area contributed by atoms with E-state index in [1.54, 1.807) is 6.20 Å². The Hall–Kier alpha value is -2.10. The SMILES string of the molecule is CC1CN(C(=O)COc2cccc3cccnc23)C1. The molecule has 1 aliphatic rings. The van der Waals surface area contributed by atoms with E-state index in [-0.39, 0.29) is 12.5 Å². The van der Waals surface area contributed by atoms with E-state index in [1.165, 1.54) is 0 Å². The summed E-state index contributed by atoms with van der Waals surface area (Å²) in [5.41, 5.74) is 0.801. The number of carbonyl (C=O) groups excluding carboxylic acids is 1. The molecule has 0 bridgehead atoms. The largest absolute Gasteiger partial charge is 0.481 e. The highest BCUT2D eigenvalue weighted by atomic mass is 16.5. The number of rotatable bonds is 3. The number of carbonyl (C=O) groups is 1. The van der Waals surface area contributed by atoms with E-state index in [0.717, 1.165) is 24.0 Å². The van der Waals surface area contributed by atoms with Crippen LogP contribution < -0.4 is 4.74 Å². The summed E-state index contributed by atoms with van der Waals surface area (Å²) < 4.78 is 5.62. The number of ether oxygens (including phenoxy) is 1. The average molecular weight is 256 g/mol. The monoisotopic (exact) mass is 256 g/mol. The zero-order valence-electron chi connectivity index (χ0n) is 10.9. The number of nitrogens with zero attached hydrogens (tertiary/aromatic N) is 2. The van der Waals surface area contributed by atoms with Crippen molar-refractivity contribution in [2.24, 2.45) is 5.92 Å². The van der Waals surface area contributed by atoms with E-state index in [0.29, 0.717) is 11.7 Å². The van der Waals surface area contributed by atoms with Crippen molar-refractivity contribution in [2.45, 2.75) is 6.92 Å². The summed E-state index contributed by atoms with van der Waals surface area (Å²) in [6.45, 7) is 3.91. The summed E-state index contributed by atoms with van der Waals surface area (Å²) in [6.07, 6.45) is 1.73. The fourth-order valence-corrected chi connectivity index (χ4v) is 2.33. The Balaban J connectivity index is 1.70. The molecule has 2 aromatic rings.